The van der Waals surface area contributed by atoms with E-state index in [0.717, 1.165) is 34.3 Å². The van der Waals surface area contributed by atoms with Crippen LogP contribution in [0.4, 0.5) is 5.69 Å². The van der Waals surface area contributed by atoms with Crippen LogP contribution in [0, 0.1) is 0 Å². The van der Waals surface area contributed by atoms with Gasteiger partial charge in [-0.15, -0.1) is 0 Å². The van der Waals surface area contributed by atoms with Gasteiger partial charge in [0.05, 0.1) is 13.0 Å². The number of carbonyl (C=O) groups excluding carboxylic acids is 1. The zero-order valence-electron chi connectivity index (χ0n) is 13.1. The van der Waals surface area contributed by atoms with E-state index in [1.807, 2.05) is 54.7 Å². The van der Waals surface area contributed by atoms with Gasteiger partial charge in [0.1, 0.15) is 5.75 Å². The van der Waals surface area contributed by atoms with Gasteiger partial charge >= 0.3 is 0 Å². The van der Waals surface area contributed by atoms with Crippen molar-refractivity contribution >= 4 is 22.5 Å². The molecule has 0 bridgehead atoms. The van der Waals surface area contributed by atoms with Crippen molar-refractivity contribution in [1.82, 2.24) is 4.98 Å². The fraction of sp³-hybridized carbons (Fsp3) is 0.211. The first-order chi connectivity index (χ1) is 11.2. The Hall–Kier alpha value is -2.75. The van der Waals surface area contributed by atoms with Crippen LogP contribution in [0.3, 0.4) is 0 Å². The van der Waals surface area contributed by atoms with Crippen LogP contribution in [-0.4, -0.2) is 17.5 Å². The highest BCUT2D eigenvalue weighted by atomic mass is 16.5. The first-order valence-corrected chi connectivity index (χ1v) is 7.83. The van der Waals surface area contributed by atoms with E-state index in [1.54, 1.807) is 0 Å². The minimum Gasteiger partial charge on any atom is -0.494 e. The monoisotopic (exact) mass is 308 g/mol. The van der Waals surface area contributed by atoms with Gasteiger partial charge in [-0.25, -0.2) is 0 Å². The lowest BCUT2D eigenvalue weighted by Crippen LogP contribution is -2.14. The smallest absolute Gasteiger partial charge is 0.228 e. The van der Waals surface area contributed by atoms with Gasteiger partial charge in [-0.05, 0) is 59.8 Å². The lowest BCUT2D eigenvalue weighted by molar-refractivity contribution is -0.115. The Labute approximate surface area is 135 Å². The molecule has 4 heteroatoms. The molecule has 2 N–H and O–H groups in total. The van der Waals surface area contributed by atoms with Crippen molar-refractivity contribution in [3.05, 3.63) is 60.3 Å². The van der Waals surface area contributed by atoms with Crippen molar-refractivity contribution in [2.75, 3.05) is 11.9 Å². The van der Waals surface area contributed by atoms with Gasteiger partial charge in [-0.1, -0.05) is 13.0 Å². The van der Waals surface area contributed by atoms with Crippen LogP contribution >= 0.6 is 0 Å². The van der Waals surface area contributed by atoms with Crippen molar-refractivity contribution in [3.63, 3.8) is 0 Å². The first-order valence-electron chi connectivity index (χ1n) is 7.83. The predicted octanol–water partition coefficient (Wildman–Crippen LogP) is 4.14. The minimum absolute atomic E-state index is 0.0258. The fourth-order valence-electron chi connectivity index (χ4n) is 2.46. The van der Waals surface area contributed by atoms with Crippen LogP contribution in [-0.2, 0) is 11.2 Å². The van der Waals surface area contributed by atoms with Gasteiger partial charge in [0, 0.05) is 17.4 Å². The predicted molar refractivity (Wildman–Crippen MR) is 92.9 cm³/mol. The number of rotatable bonds is 6. The number of H-pyrrole nitrogens is 1. The lowest BCUT2D eigenvalue weighted by Gasteiger charge is -2.08. The number of benzene rings is 2. The van der Waals surface area contributed by atoms with Crippen LogP contribution in [0.15, 0.2) is 54.7 Å². The summed E-state index contributed by atoms with van der Waals surface area (Å²) in [6.45, 7) is 2.77. The zero-order valence-corrected chi connectivity index (χ0v) is 13.1. The minimum atomic E-state index is -0.0258. The average molecular weight is 308 g/mol. The number of hydrogen-bond acceptors (Lipinski definition) is 2. The van der Waals surface area contributed by atoms with Crippen LogP contribution < -0.4 is 10.1 Å². The molecule has 0 unspecified atom stereocenters. The second kappa shape index (κ2) is 7.01. The number of fused-ring (bicyclic) bond motifs is 1. The van der Waals surface area contributed by atoms with E-state index in [9.17, 15) is 4.79 Å². The number of amides is 1. The Bertz CT molecular complexity index is 790. The second-order valence-corrected chi connectivity index (χ2v) is 5.50. The van der Waals surface area contributed by atoms with E-state index in [1.165, 1.54) is 0 Å². The van der Waals surface area contributed by atoms with Gasteiger partial charge in [0.25, 0.3) is 0 Å². The van der Waals surface area contributed by atoms with Crippen molar-refractivity contribution < 1.29 is 9.53 Å². The number of nitrogens with one attached hydrogen (secondary N) is 2. The number of anilines is 1. The summed E-state index contributed by atoms with van der Waals surface area (Å²) >= 11 is 0. The summed E-state index contributed by atoms with van der Waals surface area (Å²) in [5, 5.41) is 4.03. The van der Waals surface area contributed by atoms with Crippen LogP contribution in [0.5, 0.6) is 5.75 Å². The molecule has 1 amide bonds. The first kappa shape index (κ1) is 15.2. The van der Waals surface area contributed by atoms with Crippen LogP contribution in [0.1, 0.15) is 18.9 Å². The van der Waals surface area contributed by atoms with Gasteiger partial charge in [0.15, 0.2) is 0 Å². The number of carbonyl (C=O) groups is 1. The molecule has 0 aliphatic carbocycles. The molecule has 0 saturated carbocycles. The summed E-state index contributed by atoms with van der Waals surface area (Å²) in [6.07, 6.45) is 3.23. The topological polar surface area (TPSA) is 54.1 Å². The van der Waals surface area contributed by atoms with Crippen molar-refractivity contribution in [3.8, 4) is 5.75 Å². The van der Waals surface area contributed by atoms with Crippen molar-refractivity contribution in [1.29, 1.82) is 0 Å². The molecule has 118 valence electrons. The largest absolute Gasteiger partial charge is 0.494 e. The Balaban J connectivity index is 1.60. The second-order valence-electron chi connectivity index (χ2n) is 5.50. The molecular weight excluding hydrogens is 288 g/mol. The Morgan fingerprint density at radius 3 is 2.74 bits per heavy atom. The molecule has 0 saturated heterocycles. The Morgan fingerprint density at radius 1 is 1.13 bits per heavy atom. The summed E-state index contributed by atoms with van der Waals surface area (Å²) in [7, 11) is 0. The highest BCUT2D eigenvalue weighted by molar-refractivity contribution is 5.93. The normalized spacial score (nSPS) is 10.7. The number of aromatic amines is 1. The van der Waals surface area contributed by atoms with E-state index >= 15 is 0 Å². The van der Waals surface area contributed by atoms with Gasteiger partial charge in [0.2, 0.25) is 5.91 Å². The molecule has 4 nitrogen and oxygen atoms in total. The molecule has 0 spiro atoms. The number of ether oxygens (including phenoxy) is 1. The van der Waals surface area contributed by atoms with E-state index in [2.05, 4.69) is 17.2 Å². The standard InChI is InChI=1S/C19H20N2O2/c1-2-11-23-17-6-4-16(5-7-17)21-19(22)13-14-3-8-18-15(12-14)9-10-20-18/h3-10,12,20H,2,11,13H2,1H3,(H,21,22). The summed E-state index contributed by atoms with van der Waals surface area (Å²) in [5.41, 5.74) is 2.86. The van der Waals surface area contributed by atoms with Crippen molar-refractivity contribution in [2.24, 2.45) is 0 Å². The third kappa shape index (κ3) is 3.92. The van der Waals surface area contributed by atoms with Crippen LogP contribution in [0.25, 0.3) is 10.9 Å². The molecule has 23 heavy (non-hydrogen) atoms. The molecule has 0 radical (unpaired) electrons. The summed E-state index contributed by atoms with van der Waals surface area (Å²) < 4.78 is 5.53. The van der Waals surface area contributed by atoms with E-state index in [4.69, 9.17) is 4.74 Å². The fourth-order valence-corrected chi connectivity index (χ4v) is 2.46. The molecule has 3 rings (SSSR count). The molecule has 0 aliphatic rings. The maximum atomic E-state index is 12.2. The number of hydrogen-bond donors (Lipinski definition) is 2. The third-order valence-electron chi connectivity index (χ3n) is 3.59. The molecule has 3 aromatic rings. The van der Waals surface area contributed by atoms with Gasteiger partial charge < -0.3 is 15.0 Å². The molecule has 0 aliphatic heterocycles. The maximum Gasteiger partial charge on any atom is 0.228 e. The Kier molecular flexibility index (Phi) is 4.62. The zero-order chi connectivity index (χ0) is 16.1. The molecule has 1 heterocycles. The highest BCUT2D eigenvalue weighted by Gasteiger charge is 2.06. The SMILES string of the molecule is CCCOc1ccc(NC(=O)Cc2ccc3[nH]ccc3c2)cc1. The summed E-state index contributed by atoms with van der Waals surface area (Å²) in [4.78, 5) is 15.3. The molecular formula is C19H20N2O2. The third-order valence-corrected chi connectivity index (χ3v) is 3.59. The van der Waals surface area contributed by atoms with E-state index in [0.29, 0.717) is 13.0 Å². The highest BCUT2D eigenvalue weighted by Crippen LogP contribution is 2.17. The molecule has 1 aromatic heterocycles. The number of aromatic nitrogens is 1. The lowest BCUT2D eigenvalue weighted by atomic mass is 10.1. The van der Waals surface area contributed by atoms with Gasteiger partial charge in [-0.2, -0.15) is 0 Å². The Morgan fingerprint density at radius 2 is 1.96 bits per heavy atom. The molecule has 2 aromatic carbocycles. The molecule has 0 atom stereocenters. The summed E-state index contributed by atoms with van der Waals surface area (Å²) in [6, 6.07) is 15.5. The van der Waals surface area contributed by atoms with E-state index in [-0.39, 0.29) is 5.91 Å². The van der Waals surface area contributed by atoms with Crippen LogP contribution in [0.2, 0.25) is 0 Å². The maximum absolute atomic E-state index is 12.2. The quantitative estimate of drug-likeness (QED) is 0.719. The van der Waals surface area contributed by atoms with E-state index < -0.39 is 0 Å². The average Bonchev–Trinajstić information content (AvgIpc) is 3.02. The van der Waals surface area contributed by atoms with Gasteiger partial charge in [-0.3, -0.25) is 4.79 Å². The summed E-state index contributed by atoms with van der Waals surface area (Å²) in [5.74, 6) is 0.796. The van der Waals surface area contributed by atoms with Crippen molar-refractivity contribution in [2.45, 2.75) is 19.8 Å². The molecule has 0 fully saturated rings.